The number of rotatable bonds is 5. The lowest BCUT2D eigenvalue weighted by molar-refractivity contribution is -0.140. The van der Waals surface area contributed by atoms with Crippen molar-refractivity contribution in [1.29, 1.82) is 0 Å². The van der Waals surface area contributed by atoms with Crippen LogP contribution in [0.1, 0.15) is 21.2 Å². The van der Waals surface area contributed by atoms with Gasteiger partial charge in [0.15, 0.2) is 5.16 Å². The van der Waals surface area contributed by atoms with Crippen molar-refractivity contribution in [2.45, 2.75) is 10.4 Å². The molecule has 8 heteroatoms. The fourth-order valence-corrected chi connectivity index (χ4v) is 3.61. The number of carbonyl (C=O) groups excluding carboxylic acids is 2. The van der Waals surface area contributed by atoms with Crippen molar-refractivity contribution in [3.63, 3.8) is 0 Å². The molecule has 6 nitrogen and oxygen atoms in total. The number of thioether (sulfide) groups is 1. The summed E-state index contributed by atoms with van der Waals surface area (Å²) in [6.07, 6.45) is 0. The van der Waals surface area contributed by atoms with Gasteiger partial charge >= 0.3 is 5.97 Å². The number of methoxy groups -OCH3 is 1. The number of H-pyrrole nitrogens is 1. The average Bonchev–Trinajstić information content (AvgIpc) is 3.01. The fraction of sp³-hybridized carbons (Fsp3) is 0.118. The van der Waals surface area contributed by atoms with Crippen molar-refractivity contribution in [3.8, 4) is 0 Å². The van der Waals surface area contributed by atoms with E-state index in [2.05, 4.69) is 9.97 Å². The number of hydrogen-bond acceptors (Lipinski definition) is 5. The number of primary amides is 1. The number of nitrogens with one attached hydrogen (secondary N) is 1. The monoisotopic (exact) mass is 375 g/mol. The minimum atomic E-state index is -0.652. The summed E-state index contributed by atoms with van der Waals surface area (Å²) in [6, 6.07) is 12.1. The number of amides is 1. The van der Waals surface area contributed by atoms with E-state index < -0.39 is 17.1 Å². The van der Waals surface area contributed by atoms with Crippen molar-refractivity contribution in [1.82, 2.24) is 9.97 Å². The summed E-state index contributed by atoms with van der Waals surface area (Å²) in [5.41, 5.74) is 7.52. The first-order valence-corrected chi connectivity index (χ1v) is 8.54. The predicted octanol–water partition coefficient (Wildman–Crippen LogP) is 3.32. The van der Waals surface area contributed by atoms with Crippen LogP contribution in [0.5, 0.6) is 0 Å². The standard InChI is InChI=1S/C17H14ClN3O3S/c1-24-16(23)14(9-4-2-5-10(18)8-9)25-17-20-12-7-3-6-11(15(19)22)13(12)21-17/h2-8,14H,1H3,(H2,19,22)(H,20,21). The van der Waals surface area contributed by atoms with Crippen molar-refractivity contribution < 1.29 is 14.3 Å². The lowest BCUT2D eigenvalue weighted by Crippen LogP contribution is -2.11. The van der Waals surface area contributed by atoms with Gasteiger partial charge in [-0.2, -0.15) is 0 Å². The van der Waals surface area contributed by atoms with Gasteiger partial charge in [0.2, 0.25) is 0 Å². The second-order valence-electron chi connectivity index (χ2n) is 5.18. The molecule has 3 aromatic rings. The topological polar surface area (TPSA) is 98.1 Å². The number of carbonyl (C=O) groups is 2. The highest BCUT2D eigenvalue weighted by Crippen LogP contribution is 2.36. The minimum absolute atomic E-state index is 0.318. The molecule has 25 heavy (non-hydrogen) atoms. The molecule has 0 aliphatic rings. The van der Waals surface area contributed by atoms with Crippen LogP contribution in [0.25, 0.3) is 11.0 Å². The zero-order valence-electron chi connectivity index (χ0n) is 13.2. The summed E-state index contributed by atoms with van der Waals surface area (Å²) >= 11 is 7.20. The second-order valence-corrected chi connectivity index (χ2v) is 6.71. The molecule has 1 aromatic heterocycles. The molecule has 1 atom stereocenters. The van der Waals surface area contributed by atoms with Crippen LogP contribution >= 0.6 is 23.4 Å². The number of aromatic nitrogens is 2. The third-order valence-electron chi connectivity index (χ3n) is 3.55. The first kappa shape index (κ1) is 17.3. The molecule has 1 unspecified atom stereocenters. The Hall–Kier alpha value is -2.51. The highest BCUT2D eigenvalue weighted by atomic mass is 35.5. The molecule has 0 spiro atoms. The molecule has 1 amide bonds. The normalized spacial score (nSPS) is 12.1. The third kappa shape index (κ3) is 3.62. The van der Waals surface area contributed by atoms with Crippen LogP contribution in [0, 0.1) is 0 Å². The van der Waals surface area contributed by atoms with Crippen molar-refractivity contribution in [2.24, 2.45) is 5.73 Å². The van der Waals surface area contributed by atoms with Crippen molar-refractivity contribution >= 4 is 46.3 Å². The predicted molar refractivity (Wildman–Crippen MR) is 96.7 cm³/mol. The Bertz CT molecular complexity index is 957. The van der Waals surface area contributed by atoms with Gasteiger partial charge in [0, 0.05) is 5.02 Å². The number of nitrogens with zero attached hydrogens (tertiary/aromatic N) is 1. The van der Waals surface area contributed by atoms with Crippen molar-refractivity contribution in [2.75, 3.05) is 7.11 Å². The first-order chi connectivity index (χ1) is 12.0. The minimum Gasteiger partial charge on any atom is -0.468 e. The van der Waals surface area contributed by atoms with E-state index in [1.165, 1.54) is 18.9 Å². The van der Waals surface area contributed by atoms with Gasteiger partial charge in [-0.1, -0.05) is 41.6 Å². The molecule has 0 saturated carbocycles. The van der Waals surface area contributed by atoms with Crippen LogP contribution in [-0.4, -0.2) is 29.0 Å². The van der Waals surface area contributed by atoms with Crippen LogP contribution in [0.3, 0.4) is 0 Å². The summed E-state index contributed by atoms with van der Waals surface area (Å²) in [5.74, 6) is -0.990. The second kappa shape index (κ2) is 7.16. The van der Waals surface area contributed by atoms with E-state index in [0.29, 0.717) is 32.3 Å². The largest absolute Gasteiger partial charge is 0.468 e. The third-order valence-corrected chi connectivity index (χ3v) is 4.90. The number of esters is 1. The maximum atomic E-state index is 12.2. The SMILES string of the molecule is COC(=O)C(Sc1nc2c(C(N)=O)cccc2[nH]1)c1cccc(Cl)c1. The van der Waals surface area contributed by atoms with E-state index in [0.717, 1.165) is 0 Å². The van der Waals surface area contributed by atoms with Gasteiger partial charge in [-0.25, -0.2) is 4.98 Å². The van der Waals surface area contributed by atoms with Crippen LogP contribution in [0.2, 0.25) is 5.02 Å². The summed E-state index contributed by atoms with van der Waals surface area (Å²) in [7, 11) is 1.32. The highest BCUT2D eigenvalue weighted by Gasteiger charge is 2.25. The number of hydrogen-bond donors (Lipinski definition) is 2. The summed E-state index contributed by atoms with van der Waals surface area (Å²) in [5, 5.41) is 0.341. The fourth-order valence-electron chi connectivity index (χ4n) is 2.40. The molecule has 1 heterocycles. The Morgan fingerprint density at radius 1 is 1.28 bits per heavy atom. The Labute approximate surface area is 152 Å². The number of para-hydroxylation sites is 1. The average molecular weight is 376 g/mol. The van der Waals surface area contributed by atoms with Gasteiger partial charge in [-0.05, 0) is 29.8 Å². The smallest absolute Gasteiger partial charge is 0.323 e. The number of benzene rings is 2. The summed E-state index contributed by atoms with van der Waals surface area (Å²) in [4.78, 5) is 31.2. The quantitative estimate of drug-likeness (QED) is 0.526. The van der Waals surface area contributed by atoms with Crippen LogP contribution < -0.4 is 5.73 Å². The lowest BCUT2D eigenvalue weighted by Gasteiger charge is -2.13. The van der Waals surface area contributed by atoms with Gasteiger partial charge in [-0.3, -0.25) is 9.59 Å². The van der Waals surface area contributed by atoms with E-state index in [1.54, 1.807) is 42.5 Å². The van der Waals surface area contributed by atoms with E-state index in [4.69, 9.17) is 22.1 Å². The molecule has 0 saturated heterocycles. The number of ether oxygens (including phenoxy) is 1. The molecule has 2 aromatic carbocycles. The van der Waals surface area contributed by atoms with Gasteiger partial charge in [0.05, 0.1) is 18.2 Å². The number of fused-ring (bicyclic) bond motifs is 1. The molecule has 0 fully saturated rings. The first-order valence-electron chi connectivity index (χ1n) is 7.28. The molecular weight excluding hydrogens is 362 g/mol. The Morgan fingerprint density at radius 3 is 2.72 bits per heavy atom. The van der Waals surface area contributed by atoms with Gasteiger partial charge < -0.3 is 15.5 Å². The Morgan fingerprint density at radius 2 is 2.04 bits per heavy atom. The molecule has 3 rings (SSSR count). The van der Waals surface area contributed by atoms with E-state index >= 15 is 0 Å². The number of nitrogens with two attached hydrogens (primary N) is 1. The van der Waals surface area contributed by atoms with Gasteiger partial charge in [0.25, 0.3) is 5.91 Å². The maximum absolute atomic E-state index is 12.2. The van der Waals surface area contributed by atoms with E-state index in [-0.39, 0.29) is 0 Å². The Kier molecular flexibility index (Phi) is 4.96. The molecule has 128 valence electrons. The number of aromatic amines is 1. The van der Waals surface area contributed by atoms with Gasteiger partial charge in [-0.15, -0.1) is 0 Å². The molecule has 0 bridgehead atoms. The van der Waals surface area contributed by atoms with Crippen LogP contribution in [0.4, 0.5) is 0 Å². The molecule has 0 aliphatic heterocycles. The van der Waals surface area contributed by atoms with Gasteiger partial charge in [0.1, 0.15) is 10.8 Å². The molecular formula is C17H14ClN3O3S. The number of imidazole rings is 1. The number of halogens is 1. The lowest BCUT2D eigenvalue weighted by atomic mass is 10.1. The summed E-state index contributed by atoms with van der Waals surface area (Å²) in [6.45, 7) is 0. The Balaban J connectivity index is 2.00. The zero-order valence-corrected chi connectivity index (χ0v) is 14.7. The molecule has 0 aliphatic carbocycles. The van der Waals surface area contributed by atoms with E-state index in [1.807, 2.05) is 0 Å². The molecule has 3 N–H and O–H groups in total. The van der Waals surface area contributed by atoms with Crippen molar-refractivity contribution in [3.05, 3.63) is 58.6 Å². The van der Waals surface area contributed by atoms with E-state index in [9.17, 15) is 9.59 Å². The molecule has 0 radical (unpaired) electrons. The van der Waals surface area contributed by atoms with Crippen LogP contribution in [-0.2, 0) is 9.53 Å². The zero-order chi connectivity index (χ0) is 18.0. The van der Waals surface area contributed by atoms with Crippen LogP contribution in [0.15, 0.2) is 47.6 Å². The summed E-state index contributed by atoms with van der Waals surface area (Å²) < 4.78 is 4.90. The maximum Gasteiger partial charge on any atom is 0.323 e. The highest BCUT2D eigenvalue weighted by molar-refractivity contribution is 8.00.